The van der Waals surface area contributed by atoms with Crippen molar-refractivity contribution in [3.8, 4) is 0 Å². The van der Waals surface area contributed by atoms with Crippen molar-refractivity contribution < 1.29 is 8.42 Å². The lowest BCUT2D eigenvalue weighted by Crippen LogP contribution is -2.47. The van der Waals surface area contributed by atoms with E-state index in [1.54, 1.807) is 24.3 Å². The van der Waals surface area contributed by atoms with Crippen molar-refractivity contribution in [3.63, 3.8) is 0 Å². The Hall–Kier alpha value is -2.96. The van der Waals surface area contributed by atoms with Gasteiger partial charge in [-0.3, -0.25) is 0 Å². The highest BCUT2D eigenvalue weighted by Gasteiger charge is 2.39. The standard InChI is InChI=1S/C26H29N3O2S/c1-18-14-16-23(17-15-18)32(30,31)29-28-24-19(2)25(21-10-6-4-7-11-21)27-26(20(24)3)22-12-8-5-9-13-22/h4-17,19-20,25-27,29H,1-3H3. The molecule has 0 amide bonds. The van der Waals surface area contributed by atoms with E-state index in [0.717, 1.165) is 22.4 Å². The second-order valence-electron chi connectivity index (χ2n) is 8.47. The van der Waals surface area contributed by atoms with Crippen molar-refractivity contribution in [2.75, 3.05) is 0 Å². The summed E-state index contributed by atoms with van der Waals surface area (Å²) < 4.78 is 25.7. The van der Waals surface area contributed by atoms with Gasteiger partial charge in [-0.2, -0.15) is 13.5 Å². The summed E-state index contributed by atoms with van der Waals surface area (Å²) in [4.78, 5) is 2.71. The van der Waals surface area contributed by atoms with Crippen molar-refractivity contribution in [3.05, 3.63) is 102 Å². The van der Waals surface area contributed by atoms with E-state index in [9.17, 15) is 8.42 Å². The molecule has 0 aliphatic carbocycles. The molecule has 1 aliphatic heterocycles. The maximum atomic E-state index is 12.9. The molecule has 1 heterocycles. The summed E-state index contributed by atoms with van der Waals surface area (Å²) in [5, 5.41) is 8.30. The molecule has 0 saturated carbocycles. The van der Waals surface area contributed by atoms with Crippen LogP contribution in [0.1, 0.15) is 42.6 Å². The Morgan fingerprint density at radius 1 is 0.750 bits per heavy atom. The summed E-state index contributed by atoms with van der Waals surface area (Å²) in [5.74, 6) is 0.0150. The number of hydrazone groups is 1. The van der Waals surface area contributed by atoms with Gasteiger partial charge in [0.1, 0.15) is 0 Å². The lowest BCUT2D eigenvalue weighted by atomic mass is 9.75. The number of nitrogens with zero attached hydrogens (tertiary/aromatic N) is 1. The lowest BCUT2D eigenvalue weighted by molar-refractivity contribution is 0.313. The van der Waals surface area contributed by atoms with Crippen LogP contribution in [0, 0.1) is 18.8 Å². The van der Waals surface area contributed by atoms with Crippen molar-refractivity contribution in [2.45, 2.75) is 37.8 Å². The van der Waals surface area contributed by atoms with Gasteiger partial charge in [-0.25, -0.2) is 4.83 Å². The van der Waals surface area contributed by atoms with E-state index < -0.39 is 10.0 Å². The summed E-state index contributed by atoms with van der Waals surface area (Å²) in [6, 6.07) is 27.3. The van der Waals surface area contributed by atoms with E-state index in [1.807, 2.05) is 43.3 Å². The zero-order valence-electron chi connectivity index (χ0n) is 18.6. The van der Waals surface area contributed by atoms with E-state index in [4.69, 9.17) is 0 Å². The third-order valence-electron chi connectivity index (χ3n) is 6.24. The van der Waals surface area contributed by atoms with Crippen LogP contribution >= 0.6 is 0 Å². The van der Waals surface area contributed by atoms with Gasteiger partial charge in [-0.1, -0.05) is 92.2 Å². The molecule has 0 aromatic heterocycles. The average Bonchev–Trinajstić information content (AvgIpc) is 2.80. The van der Waals surface area contributed by atoms with Crippen molar-refractivity contribution in [2.24, 2.45) is 16.9 Å². The largest absolute Gasteiger partial charge is 0.302 e. The highest BCUT2D eigenvalue weighted by molar-refractivity contribution is 7.89. The van der Waals surface area contributed by atoms with Gasteiger partial charge in [0.25, 0.3) is 10.0 Å². The molecule has 3 aromatic rings. The van der Waals surface area contributed by atoms with Crippen molar-refractivity contribution in [1.82, 2.24) is 10.1 Å². The minimum atomic E-state index is -3.75. The smallest absolute Gasteiger partial charge is 0.276 e. The molecule has 1 saturated heterocycles. The summed E-state index contributed by atoms with van der Waals surface area (Å²) in [5.41, 5.74) is 4.15. The van der Waals surface area contributed by atoms with Crippen LogP contribution < -0.4 is 10.1 Å². The zero-order chi connectivity index (χ0) is 22.7. The molecule has 4 rings (SSSR count). The van der Waals surface area contributed by atoms with Crippen LogP contribution in [-0.2, 0) is 10.0 Å². The maximum absolute atomic E-state index is 12.9. The monoisotopic (exact) mass is 447 g/mol. The van der Waals surface area contributed by atoms with E-state index in [2.05, 4.69) is 53.4 Å². The van der Waals surface area contributed by atoms with Crippen LogP contribution in [0.4, 0.5) is 0 Å². The fraction of sp³-hybridized carbons (Fsp3) is 0.269. The molecule has 166 valence electrons. The molecule has 3 aromatic carbocycles. The SMILES string of the molecule is Cc1ccc(S(=O)(=O)NN=C2C(C)C(c3ccccc3)NC(c3ccccc3)C2C)cc1. The number of benzene rings is 3. The van der Waals surface area contributed by atoms with Crippen LogP contribution in [-0.4, -0.2) is 14.1 Å². The van der Waals surface area contributed by atoms with Crippen molar-refractivity contribution >= 4 is 15.7 Å². The van der Waals surface area contributed by atoms with E-state index in [1.165, 1.54) is 0 Å². The quantitative estimate of drug-likeness (QED) is 0.542. The summed E-state index contributed by atoms with van der Waals surface area (Å²) in [6.45, 7) is 6.12. The third-order valence-corrected chi connectivity index (χ3v) is 7.46. The normalized spacial score (nSPS) is 23.5. The molecule has 6 heteroatoms. The van der Waals surface area contributed by atoms with Gasteiger partial charge in [0.15, 0.2) is 0 Å². The van der Waals surface area contributed by atoms with Crippen LogP contribution in [0.3, 0.4) is 0 Å². The van der Waals surface area contributed by atoms with Gasteiger partial charge >= 0.3 is 0 Å². The molecule has 4 atom stereocenters. The number of hydrogen-bond donors (Lipinski definition) is 2. The Morgan fingerprint density at radius 2 is 1.22 bits per heavy atom. The number of rotatable bonds is 5. The Morgan fingerprint density at radius 3 is 1.69 bits per heavy atom. The topological polar surface area (TPSA) is 70.6 Å². The first kappa shape index (κ1) is 22.2. The third kappa shape index (κ3) is 4.61. The molecule has 4 unspecified atom stereocenters. The predicted molar refractivity (Wildman–Crippen MR) is 129 cm³/mol. The summed E-state index contributed by atoms with van der Waals surface area (Å²) in [7, 11) is -3.75. The maximum Gasteiger partial charge on any atom is 0.276 e. The fourth-order valence-corrected chi connectivity index (χ4v) is 5.24. The van der Waals surface area contributed by atoms with Gasteiger partial charge in [0, 0.05) is 29.6 Å². The Labute approximate surface area is 190 Å². The number of sulfonamides is 1. The molecular formula is C26H29N3O2S. The number of piperidine rings is 1. The molecule has 2 N–H and O–H groups in total. The van der Waals surface area contributed by atoms with E-state index in [0.29, 0.717) is 0 Å². The minimum absolute atomic E-state index is 0.00748. The van der Waals surface area contributed by atoms with Gasteiger partial charge in [-0.05, 0) is 30.2 Å². The number of hydrogen-bond acceptors (Lipinski definition) is 4. The second-order valence-corrected chi connectivity index (χ2v) is 10.1. The van der Waals surface area contributed by atoms with Gasteiger partial charge in [-0.15, -0.1) is 0 Å². The first-order valence-electron chi connectivity index (χ1n) is 10.9. The summed E-state index contributed by atoms with van der Waals surface area (Å²) >= 11 is 0. The zero-order valence-corrected chi connectivity index (χ0v) is 19.4. The molecular weight excluding hydrogens is 418 g/mol. The second kappa shape index (κ2) is 9.27. The molecule has 1 aliphatic rings. The number of nitrogens with one attached hydrogen (secondary N) is 2. The number of aryl methyl sites for hydroxylation is 1. The van der Waals surface area contributed by atoms with E-state index >= 15 is 0 Å². The van der Waals surface area contributed by atoms with Gasteiger partial charge in [0.05, 0.1) is 4.90 Å². The first-order chi connectivity index (χ1) is 15.4. The minimum Gasteiger partial charge on any atom is -0.302 e. The highest BCUT2D eigenvalue weighted by Crippen LogP contribution is 2.38. The molecule has 0 spiro atoms. The van der Waals surface area contributed by atoms with Gasteiger partial charge in [0.2, 0.25) is 0 Å². The lowest BCUT2D eigenvalue weighted by Gasteiger charge is -2.41. The van der Waals surface area contributed by atoms with Crippen molar-refractivity contribution in [1.29, 1.82) is 0 Å². The fourth-order valence-electron chi connectivity index (χ4n) is 4.42. The van der Waals surface area contributed by atoms with Crippen LogP contribution in [0.25, 0.3) is 0 Å². The Kier molecular flexibility index (Phi) is 6.44. The molecule has 0 radical (unpaired) electrons. The first-order valence-corrected chi connectivity index (χ1v) is 12.4. The summed E-state index contributed by atoms with van der Waals surface area (Å²) in [6.07, 6.45) is 0. The molecule has 5 nitrogen and oxygen atoms in total. The predicted octanol–water partition coefficient (Wildman–Crippen LogP) is 4.99. The average molecular weight is 448 g/mol. The van der Waals surface area contributed by atoms with E-state index in [-0.39, 0.29) is 28.8 Å². The highest BCUT2D eigenvalue weighted by atomic mass is 32.2. The Balaban J connectivity index is 1.70. The molecule has 0 bridgehead atoms. The molecule has 32 heavy (non-hydrogen) atoms. The van der Waals surface area contributed by atoms with Crippen LogP contribution in [0.5, 0.6) is 0 Å². The van der Waals surface area contributed by atoms with Crippen LogP contribution in [0.2, 0.25) is 0 Å². The van der Waals surface area contributed by atoms with Gasteiger partial charge < -0.3 is 5.32 Å². The Bertz CT molecular complexity index is 1120. The van der Waals surface area contributed by atoms with Crippen LogP contribution in [0.15, 0.2) is 94.9 Å². The molecule has 1 fully saturated rings.